The lowest BCUT2D eigenvalue weighted by molar-refractivity contribution is 0.287. The van der Waals surface area contributed by atoms with Gasteiger partial charge >= 0.3 is 0 Å². The van der Waals surface area contributed by atoms with E-state index in [0.717, 1.165) is 27.6 Å². The highest BCUT2D eigenvalue weighted by Gasteiger charge is 2.14. The monoisotopic (exact) mass is 314 g/mol. The van der Waals surface area contributed by atoms with E-state index in [-0.39, 0.29) is 0 Å². The van der Waals surface area contributed by atoms with E-state index >= 15 is 0 Å². The van der Waals surface area contributed by atoms with E-state index in [2.05, 4.69) is 30.3 Å². The molecule has 0 saturated heterocycles. The number of nitrogens with zero attached hydrogens (tertiary/aromatic N) is 2. The topological polar surface area (TPSA) is 27.1 Å². The van der Waals surface area contributed by atoms with Gasteiger partial charge in [0.2, 0.25) is 0 Å². The maximum absolute atomic E-state index is 6.12. The highest BCUT2D eigenvalue weighted by molar-refractivity contribution is 6.31. The largest absolute Gasteiger partial charge is 0.486 e. The highest BCUT2D eigenvalue weighted by Crippen LogP contribution is 2.25. The van der Waals surface area contributed by atoms with Gasteiger partial charge in [0.05, 0.1) is 11.0 Å². The lowest BCUT2D eigenvalue weighted by Crippen LogP contribution is -2.09. The van der Waals surface area contributed by atoms with Crippen LogP contribution in [0, 0.1) is 6.92 Å². The van der Waals surface area contributed by atoms with Crippen LogP contribution in [0.2, 0.25) is 5.02 Å². The number of imidazole rings is 1. The molecule has 3 rings (SSSR count). The minimum Gasteiger partial charge on any atom is -0.486 e. The molecule has 22 heavy (non-hydrogen) atoms. The quantitative estimate of drug-likeness (QED) is 0.665. The third-order valence-electron chi connectivity index (χ3n) is 3.63. The minimum atomic E-state index is 0.292. The van der Waals surface area contributed by atoms with Crippen LogP contribution in [0.5, 0.6) is 5.75 Å². The van der Waals surface area contributed by atoms with Gasteiger partial charge in [-0.25, -0.2) is 4.98 Å². The van der Waals surface area contributed by atoms with Crippen LogP contribution in [0.25, 0.3) is 11.0 Å². The predicted molar refractivity (Wildman–Crippen MR) is 90.6 cm³/mol. The van der Waals surface area contributed by atoms with Crippen molar-refractivity contribution in [1.29, 1.82) is 0 Å². The second-order valence-electron chi connectivity index (χ2n) is 5.73. The van der Waals surface area contributed by atoms with Crippen molar-refractivity contribution in [3.63, 3.8) is 0 Å². The molecule has 0 spiro atoms. The number of aryl methyl sites for hydroxylation is 1. The summed E-state index contributed by atoms with van der Waals surface area (Å²) in [6, 6.07) is 14.1. The fraction of sp³-hybridized carbons (Fsp3) is 0.278. The molecule has 0 radical (unpaired) electrons. The molecule has 0 unspecified atom stereocenters. The fourth-order valence-electron chi connectivity index (χ4n) is 2.58. The molecule has 0 aliphatic heterocycles. The summed E-state index contributed by atoms with van der Waals surface area (Å²) in [6.07, 6.45) is 0. The SMILES string of the molecule is Cc1ccc(OCc2nc3ccc(Cl)cc3n2C(C)C)cc1. The normalized spacial score (nSPS) is 11.3. The van der Waals surface area contributed by atoms with Crippen LogP contribution < -0.4 is 4.74 Å². The fourth-order valence-corrected chi connectivity index (χ4v) is 2.74. The molecule has 0 fully saturated rings. The van der Waals surface area contributed by atoms with Crippen LogP contribution in [0.4, 0.5) is 0 Å². The standard InChI is InChI=1S/C18H19ClN2O/c1-12(2)21-17-10-14(19)6-9-16(17)20-18(21)11-22-15-7-4-13(3)5-8-15/h4-10,12H,11H2,1-3H3. The number of hydrogen-bond acceptors (Lipinski definition) is 2. The van der Waals surface area contributed by atoms with Gasteiger partial charge in [-0.3, -0.25) is 0 Å². The molecular formula is C18H19ClN2O. The van der Waals surface area contributed by atoms with Crippen LogP contribution in [-0.4, -0.2) is 9.55 Å². The Labute approximate surface area is 135 Å². The van der Waals surface area contributed by atoms with Crippen molar-refractivity contribution in [3.8, 4) is 5.75 Å². The molecule has 0 aliphatic rings. The van der Waals surface area contributed by atoms with Crippen LogP contribution in [0.3, 0.4) is 0 Å². The summed E-state index contributed by atoms with van der Waals surface area (Å²) >= 11 is 6.12. The van der Waals surface area contributed by atoms with E-state index in [9.17, 15) is 0 Å². The maximum atomic E-state index is 6.12. The molecule has 0 bridgehead atoms. The zero-order chi connectivity index (χ0) is 15.7. The number of hydrogen-bond donors (Lipinski definition) is 0. The Balaban J connectivity index is 1.92. The van der Waals surface area contributed by atoms with E-state index in [0.29, 0.717) is 12.6 Å². The summed E-state index contributed by atoms with van der Waals surface area (Å²) in [4.78, 5) is 4.69. The Morgan fingerprint density at radius 1 is 1.14 bits per heavy atom. The van der Waals surface area contributed by atoms with E-state index in [1.807, 2.05) is 42.5 Å². The summed E-state index contributed by atoms with van der Waals surface area (Å²) in [7, 11) is 0. The summed E-state index contributed by atoms with van der Waals surface area (Å²) < 4.78 is 8.06. The zero-order valence-electron chi connectivity index (χ0n) is 13.0. The Morgan fingerprint density at radius 3 is 2.55 bits per heavy atom. The summed E-state index contributed by atoms with van der Waals surface area (Å²) in [5, 5.41) is 0.723. The van der Waals surface area contributed by atoms with Crippen molar-refractivity contribution < 1.29 is 4.74 Å². The first kappa shape index (κ1) is 14.9. The van der Waals surface area contributed by atoms with Gasteiger partial charge in [-0.05, 0) is 51.1 Å². The average molecular weight is 315 g/mol. The lowest BCUT2D eigenvalue weighted by Gasteiger charge is -2.14. The first-order valence-corrected chi connectivity index (χ1v) is 7.78. The molecule has 2 aromatic carbocycles. The molecule has 1 heterocycles. The third-order valence-corrected chi connectivity index (χ3v) is 3.86. The van der Waals surface area contributed by atoms with Gasteiger partial charge in [0.15, 0.2) is 0 Å². The lowest BCUT2D eigenvalue weighted by atomic mass is 10.2. The molecule has 0 saturated carbocycles. The summed E-state index contributed by atoms with van der Waals surface area (Å²) in [5.74, 6) is 1.76. The van der Waals surface area contributed by atoms with Crippen LogP contribution >= 0.6 is 11.6 Å². The number of rotatable bonds is 4. The van der Waals surface area contributed by atoms with Gasteiger partial charge in [-0.2, -0.15) is 0 Å². The first-order chi connectivity index (χ1) is 10.5. The van der Waals surface area contributed by atoms with Crippen molar-refractivity contribution in [1.82, 2.24) is 9.55 Å². The van der Waals surface area contributed by atoms with E-state index in [1.165, 1.54) is 5.56 Å². The smallest absolute Gasteiger partial charge is 0.148 e. The summed E-state index contributed by atoms with van der Waals surface area (Å²) in [6.45, 7) is 6.77. The molecule has 114 valence electrons. The second kappa shape index (κ2) is 6.01. The van der Waals surface area contributed by atoms with Gasteiger partial charge in [0.1, 0.15) is 18.2 Å². The van der Waals surface area contributed by atoms with Gasteiger partial charge in [0, 0.05) is 11.1 Å². The van der Waals surface area contributed by atoms with Crippen LogP contribution in [0.15, 0.2) is 42.5 Å². The van der Waals surface area contributed by atoms with E-state index in [4.69, 9.17) is 16.3 Å². The maximum Gasteiger partial charge on any atom is 0.148 e. The molecule has 1 aromatic heterocycles. The Bertz CT molecular complexity index is 791. The molecule has 0 amide bonds. The van der Waals surface area contributed by atoms with Crippen LogP contribution in [-0.2, 0) is 6.61 Å². The van der Waals surface area contributed by atoms with Gasteiger partial charge in [-0.1, -0.05) is 29.3 Å². The number of fused-ring (bicyclic) bond motifs is 1. The number of halogens is 1. The van der Waals surface area contributed by atoms with Crippen molar-refractivity contribution >= 4 is 22.6 Å². The number of ether oxygens (including phenoxy) is 1. The van der Waals surface area contributed by atoms with Gasteiger partial charge in [0.25, 0.3) is 0 Å². The molecule has 0 aliphatic carbocycles. The average Bonchev–Trinajstić information content (AvgIpc) is 2.84. The van der Waals surface area contributed by atoms with Crippen molar-refractivity contribution in [2.75, 3.05) is 0 Å². The highest BCUT2D eigenvalue weighted by atomic mass is 35.5. The van der Waals surface area contributed by atoms with Crippen LogP contribution in [0.1, 0.15) is 31.3 Å². The van der Waals surface area contributed by atoms with Gasteiger partial charge in [-0.15, -0.1) is 0 Å². The minimum absolute atomic E-state index is 0.292. The first-order valence-electron chi connectivity index (χ1n) is 7.40. The van der Waals surface area contributed by atoms with E-state index in [1.54, 1.807) is 0 Å². The number of benzene rings is 2. The van der Waals surface area contributed by atoms with Crippen molar-refractivity contribution in [3.05, 3.63) is 58.9 Å². The molecular weight excluding hydrogens is 296 g/mol. The summed E-state index contributed by atoms with van der Waals surface area (Å²) in [5.41, 5.74) is 3.21. The molecule has 3 nitrogen and oxygen atoms in total. The van der Waals surface area contributed by atoms with Gasteiger partial charge < -0.3 is 9.30 Å². The Morgan fingerprint density at radius 2 is 1.86 bits per heavy atom. The van der Waals surface area contributed by atoms with Crippen molar-refractivity contribution in [2.24, 2.45) is 0 Å². The molecule has 0 atom stereocenters. The second-order valence-corrected chi connectivity index (χ2v) is 6.16. The zero-order valence-corrected chi connectivity index (χ0v) is 13.8. The molecule has 3 aromatic rings. The van der Waals surface area contributed by atoms with Crippen molar-refractivity contribution in [2.45, 2.75) is 33.4 Å². The Hall–Kier alpha value is -2.00. The molecule has 0 N–H and O–H groups in total. The Kier molecular flexibility index (Phi) is 4.08. The predicted octanol–water partition coefficient (Wildman–Crippen LogP) is 5.16. The van der Waals surface area contributed by atoms with E-state index < -0.39 is 0 Å². The third kappa shape index (κ3) is 2.95. The molecule has 4 heteroatoms. The number of aromatic nitrogens is 2.